The molecular formula is C33H46N4O5. The van der Waals surface area contributed by atoms with Gasteiger partial charge in [0, 0.05) is 51.4 Å². The quantitative estimate of drug-likeness (QED) is 0.444. The fourth-order valence-corrected chi connectivity index (χ4v) is 5.98. The molecule has 42 heavy (non-hydrogen) atoms. The molecule has 2 aromatic rings. The molecule has 0 aromatic heterocycles. The lowest BCUT2D eigenvalue weighted by molar-refractivity contribution is -0.117. The van der Waals surface area contributed by atoms with Gasteiger partial charge in [0.1, 0.15) is 5.60 Å². The van der Waals surface area contributed by atoms with Gasteiger partial charge >= 0.3 is 12.2 Å². The lowest BCUT2D eigenvalue weighted by Crippen LogP contribution is -2.46. The van der Waals surface area contributed by atoms with Crippen LogP contribution >= 0.6 is 0 Å². The highest BCUT2D eigenvalue weighted by molar-refractivity contribution is 5.94. The molecule has 1 N–H and O–H groups in total. The first-order valence-corrected chi connectivity index (χ1v) is 15.0. The first-order valence-electron chi connectivity index (χ1n) is 15.0. The summed E-state index contributed by atoms with van der Waals surface area (Å²) in [5, 5.41) is 3.00. The van der Waals surface area contributed by atoms with Crippen LogP contribution in [0.3, 0.4) is 0 Å². The average molecular weight is 579 g/mol. The molecule has 1 fully saturated rings. The highest BCUT2D eigenvalue weighted by atomic mass is 16.6. The number of ether oxygens (including phenoxy) is 2. The average Bonchev–Trinajstić information content (AvgIpc) is 2.92. The Morgan fingerprint density at radius 1 is 1.02 bits per heavy atom. The molecule has 1 saturated heterocycles. The summed E-state index contributed by atoms with van der Waals surface area (Å²) in [6.07, 6.45) is 1.71. The summed E-state index contributed by atoms with van der Waals surface area (Å²) in [5.41, 5.74) is 4.63. The molecule has 9 heteroatoms. The van der Waals surface area contributed by atoms with Crippen molar-refractivity contribution < 1.29 is 23.9 Å². The summed E-state index contributed by atoms with van der Waals surface area (Å²) < 4.78 is 10.7. The molecule has 0 radical (unpaired) electrons. The third-order valence-electron chi connectivity index (χ3n) is 8.02. The van der Waals surface area contributed by atoms with E-state index in [2.05, 4.69) is 40.5 Å². The predicted octanol–water partition coefficient (Wildman–Crippen LogP) is 6.12. The van der Waals surface area contributed by atoms with E-state index >= 15 is 0 Å². The Balaban J connectivity index is 1.44. The van der Waals surface area contributed by atoms with Crippen LogP contribution in [0.2, 0.25) is 0 Å². The molecule has 9 nitrogen and oxygen atoms in total. The summed E-state index contributed by atoms with van der Waals surface area (Å²) >= 11 is 0. The van der Waals surface area contributed by atoms with Crippen molar-refractivity contribution >= 4 is 23.8 Å². The smallest absolute Gasteiger partial charge is 0.410 e. The van der Waals surface area contributed by atoms with E-state index in [9.17, 15) is 14.4 Å². The van der Waals surface area contributed by atoms with Gasteiger partial charge in [0.05, 0.1) is 12.6 Å². The molecule has 228 valence electrons. The van der Waals surface area contributed by atoms with Crippen molar-refractivity contribution in [1.82, 2.24) is 15.1 Å². The second kappa shape index (κ2) is 13.2. The van der Waals surface area contributed by atoms with E-state index < -0.39 is 5.60 Å². The summed E-state index contributed by atoms with van der Waals surface area (Å²) in [5.74, 6) is -0.0113. The van der Waals surface area contributed by atoms with Crippen molar-refractivity contribution in [2.75, 3.05) is 31.6 Å². The van der Waals surface area contributed by atoms with Crippen molar-refractivity contribution in [3.05, 3.63) is 53.6 Å². The molecule has 0 spiro atoms. The molecule has 4 rings (SSSR count). The number of rotatable bonds is 6. The topological polar surface area (TPSA) is 91.4 Å². The molecule has 3 amide bonds. The lowest BCUT2D eigenvalue weighted by atomic mass is 9.88. The maximum absolute atomic E-state index is 12.6. The third kappa shape index (κ3) is 7.62. The number of hydrogen-bond acceptors (Lipinski definition) is 6. The number of nitrogens with one attached hydrogen (secondary N) is 1. The first kappa shape index (κ1) is 31.3. The number of benzene rings is 2. The Kier molecular flexibility index (Phi) is 9.82. The van der Waals surface area contributed by atoms with Crippen LogP contribution in [-0.4, -0.2) is 72.3 Å². The standard InChI is InChI=1S/C33H46N4O5/c1-8-41-32(40)35(7)30-19-22(2)37(23(3)38)29-14-13-26(20-28(29)30)25-11-9-24(10-12-25)21-36-17-15-27(16-18-36)34-31(39)42-33(4,5)6/h9-14,20,22,27,30H,8,15-19,21H2,1-7H3,(H,34,39)/t22-,30+/m1/s1. The van der Waals surface area contributed by atoms with Crippen LogP contribution in [0.15, 0.2) is 42.5 Å². The van der Waals surface area contributed by atoms with Crippen LogP contribution in [-0.2, 0) is 20.8 Å². The van der Waals surface area contributed by atoms with Crippen LogP contribution in [0.1, 0.15) is 78.0 Å². The zero-order valence-electron chi connectivity index (χ0n) is 26.1. The number of carbonyl (C=O) groups excluding carboxylic acids is 3. The van der Waals surface area contributed by atoms with E-state index in [0.29, 0.717) is 13.0 Å². The molecule has 2 heterocycles. The summed E-state index contributed by atoms with van der Waals surface area (Å²) in [6, 6.07) is 14.6. The number of hydrogen-bond donors (Lipinski definition) is 1. The number of fused-ring (bicyclic) bond motifs is 1. The normalized spacial score (nSPS) is 19.5. The first-order chi connectivity index (χ1) is 19.9. The molecular weight excluding hydrogens is 532 g/mol. The van der Waals surface area contributed by atoms with Crippen LogP contribution in [0.5, 0.6) is 0 Å². The number of anilines is 1. The largest absolute Gasteiger partial charge is 0.450 e. The van der Waals surface area contributed by atoms with Gasteiger partial charge in [-0.3, -0.25) is 9.69 Å². The fraction of sp³-hybridized carbons (Fsp3) is 0.545. The van der Waals surface area contributed by atoms with Crippen LogP contribution in [0.4, 0.5) is 15.3 Å². The lowest BCUT2D eigenvalue weighted by Gasteiger charge is -2.42. The highest BCUT2D eigenvalue weighted by Crippen LogP contribution is 2.42. The van der Waals surface area contributed by atoms with Crippen molar-refractivity contribution in [3.63, 3.8) is 0 Å². The van der Waals surface area contributed by atoms with Crippen molar-refractivity contribution in [2.24, 2.45) is 0 Å². The summed E-state index contributed by atoms with van der Waals surface area (Å²) in [7, 11) is 1.76. The van der Waals surface area contributed by atoms with Gasteiger partial charge in [-0.2, -0.15) is 0 Å². The van der Waals surface area contributed by atoms with E-state index in [1.807, 2.05) is 44.7 Å². The van der Waals surface area contributed by atoms with Gasteiger partial charge < -0.3 is 24.6 Å². The Morgan fingerprint density at radius 2 is 1.67 bits per heavy atom. The number of likely N-dealkylation sites (tertiary alicyclic amines) is 1. The maximum atomic E-state index is 12.6. The predicted molar refractivity (Wildman–Crippen MR) is 164 cm³/mol. The maximum Gasteiger partial charge on any atom is 0.410 e. The minimum Gasteiger partial charge on any atom is -0.450 e. The molecule has 0 saturated carbocycles. The molecule has 2 atom stereocenters. The Hall–Kier alpha value is -3.59. The van der Waals surface area contributed by atoms with Gasteiger partial charge in [-0.15, -0.1) is 0 Å². The number of piperidine rings is 1. The van der Waals surface area contributed by atoms with Gasteiger partial charge in [-0.25, -0.2) is 9.59 Å². The molecule has 2 aromatic carbocycles. The van der Waals surface area contributed by atoms with E-state index in [1.165, 1.54) is 5.56 Å². The third-order valence-corrected chi connectivity index (χ3v) is 8.02. The Morgan fingerprint density at radius 3 is 2.26 bits per heavy atom. The molecule has 2 aliphatic heterocycles. The summed E-state index contributed by atoms with van der Waals surface area (Å²) in [4.78, 5) is 43.2. The minimum absolute atomic E-state index is 0.0113. The van der Waals surface area contributed by atoms with Crippen molar-refractivity contribution in [3.8, 4) is 11.1 Å². The molecule has 0 bridgehead atoms. The molecule has 2 aliphatic rings. The van der Waals surface area contributed by atoms with E-state index in [0.717, 1.165) is 54.9 Å². The Labute approximate surface area is 250 Å². The number of nitrogens with zero attached hydrogens (tertiary/aromatic N) is 3. The number of carbonyl (C=O) groups is 3. The van der Waals surface area contributed by atoms with Gasteiger partial charge in [-0.05, 0) is 88.3 Å². The fourth-order valence-electron chi connectivity index (χ4n) is 5.98. The Bertz CT molecular complexity index is 1260. The SMILES string of the molecule is CCOC(=O)N(C)[C@H]1C[C@@H](C)N(C(C)=O)c2ccc(-c3ccc(CN4CCC(NC(=O)OC(C)(C)C)CC4)cc3)cc21. The van der Waals surface area contributed by atoms with E-state index in [-0.39, 0.29) is 36.2 Å². The zero-order valence-corrected chi connectivity index (χ0v) is 26.1. The minimum atomic E-state index is -0.496. The van der Waals surface area contributed by atoms with Gasteiger partial charge in [0.25, 0.3) is 0 Å². The number of alkyl carbamates (subject to hydrolysis) is 1. The van der Waals surface area contributed by atoms with Crippen LogP contribution in [0, 0.1) is 0 Å². The van der Waals surface area contributed by atoms with Crippen LogP contribution < -0.4 is 10.2 Å². The van der Waals surface area contributed by atoms with Crippen LogP contribution in [0.25, 0.3) is 11.1 Å². The van der Waals surface area contributed by atoms with E-state index in [1.54, 1.807) is 25.8 Å². The monoisotopic (exact) mass is 578 g/mol. The second-order valence-corrected chi connectivity index (χ2v) is 12.5. The second-order valence-electron chi connectivity index (χ2n) is 12.5. The van der Waals surface area contributed by atoms with Gasteiger partial charge in [0.15, 0.2) is 0 Å². The number of amides is 3. The van der Waals surface area contributed by atoms with E-state index in [4.69, 9.17) is 9.47 Å². The van der Waals surface area contributed by atoms with Crippen molar-refractivity contribution in [1.29, 1.82) is 0 Å². The van der Waals surface area contributed by atoms with Crippen molar-refractivity contribution in [2.45, 2.75) is 91.1 Å². The van der Waals surface area contributed by atoms with Gasteiger partial charge in [-0.1, -0.05) is 30.3 Å². The van der Waals surface area contributed by atoms with Gasteiger partial charge in [0.2, 0.25) is 5.91 Å². The summed E-state index contributed by atoms with van der Waals surface area (Å²) in [6.45, 7) is 14.0. The molecule has 0 aliphatic carbocycles. The zero-order chi connectivity index (χ0) is 30.6. The highest BCUT2D eigenvalue weighted by Gasteiger charge is 2.36. The molecule has 0 unspecified atom stereocenters.